The van der Waals surface area contributed by atoms with E-state index in [4.69, 9.17) is 13.9 Å². The predicted octanol–water partition coefficient (Wildman–Crippen LogP) is 0.210. The second kappa shape index (κ2) is 9.85. The highest BCUT2D eigenvalue weighted by atomic mass is 16.4. The predicted molar refractivity (Wildman–Crippen MR) is 124 cm³/mol. The van der Waals surface area contributed by atoms with Crippen LogP contribution in [0.5, 0.6) is 0 Å². The van der Waals surface area contributed by atoms with Gasteiger partial charge in [-0.15, -0.1) is 0 Å². The minimum Gasteiger partial charge on any atom is -0.461 e. The largest absolute Gasteiger partial charge is 0.461 e. The van der Waals surface area contributed by atoms with Crippen molar-refractivity contribution in [3.63, 3.8) is 0 Å². The summed E-state index contributed by atoms with van der Waals surface area (Å²) in [4.78, 5) is 26.7. The number of nitrogens with zero attached hydrogens (tertiary/aromatic N) is 1. The van der Waals surface area contributed by atoms with Crippen LogP contribution < -0.4 is 5.63 Å². The minimum atomic E-state index is -1.80. The second-order valence-electron chi connectivity index (χ2n) is 8.78. The molecule has 34 heavy (non-hydrogen) atoms. The van der Waals surface area contributed by atoms with Crippen molar-refractivity contribution in [1.82, 2.24) is 4.90 Å². The van der Waals surface area contributed by atoms with Crippen LogP contribution in [0.1, 0.15) is 28.0 Å². The number of aliphatic hydroxyl groups excluding tert-OH is 5. The molecule has 1 amide bonds. The summed E-state index contributed by atoms with van der Waals surface area (Å²) >= 11 is 0. The van der Waals surface area contributed by atoms with Crippen LogP contribution in [0.2, 0.25) is 0 Å². The zero-order valence-corrected chi connectivity index (χ0v) is 19.8. The van der Waals surface area contributed by atoms with Gasteiger partial charge in [-0.2, -0.15) is 0 Å². The topological polar surface area (TPSA) is 165 Å². The molecule has 4 atom stereocenters. The number of likely N-dealkylation sites (N-methyl/N-ethyl adjacent to an activating group) is 1. The van der Waals surface area contributed by atoms with E-state index < -0.39 is 42.6 Å². The number of carbonyl (C=O) groups is 1. The van der Waals surface area contributed by atoms with Crippen LogP contribution in [0.15, 0.2) is 19.7 Å². The van der Waals surface area contributed by atoms with Gasteiger partial charge < -0.3 is 39.3 Å². The Labute approximate surface area is 195 Å². The van der Waals surface area contributed by atoms with E-state index in [9.17, 15) is 30.0 Å². The van der Waals surface area contributed by atoms with Gasteiger partial charge in [0.25, 0.3) is 0 Å². The highest BCUT2D eigenvalue weighted by Crippen LogP contribution is 2.34. The second-order valence-corrected chi connectivity index (χ2v) is 8.78. The fourth-order valence-corrected chi connectivity index (χ4v) is 4.04. The van der Waals surface area contributed by atoms with Crippen LogP contribution in [0, 0.1) is 27.7 Å². The standard InChI is InChI=1S/C24H31NO9/c1-10-13(4)33-22-12(3)23-15(6-14(10)22)11(2)16(24(32)34-23)7-19(29)25(5)8-17(27)20(30)21(31)18(28)9-26/h6,17-18,20-21,26-28,30-31H,7-9H2,1-5H3/t17-,18+,20-,21+/m0/s1. The number of hydrogen-bond donors (Lipinski definition) is 5. The summed E-state index contributed by atoms with van der Waals surface area (Å²) in [6, 6.07) is 1.88. The molecule has 0 fully saturated rings. The number of aryl methyl sites for hydroxylation is 4. The van der Waals surface area contributed by atoms with E-state index in [1.807, 2.05) is 26.8 Å². The number of benzene rings is 1. The molecule has 5 N–H and O–H groups in total. The van der Waals surface area contributed by atoms with E-state index in [1.54, 1.807) is 6.92 Å². The van der Waals surface area contributed by atoms with Gasteiger partial charge in [-0.25, -0.2) is 4.79 Å². The molecule has 2 aromatic heterocycles. The van der Waals surface area contributed by atoms with Crippen LogP contribution >= 0.6 is 0 Å². The zero-order valence-electron chi connectivity index (χ0n) is 19.8. The Morgan fingerprint density at radius 2 is 1.47 bits per heavy atom. The Morgan fingerprint density at radius 1 is 0.912 bits per heavy atom. The molecule has 0 aliphatic heterocycles. The van der Waals surface area contributed by atoms with Crippen molar-refractivity contribution in [3.8, 4) is 0 Å². The third-order valence-electron chi connectivity index (χ3n) is 6.48. The summed E-state index contributed by atoms with van der Waals surface area (Å²) in [6.45, 7) is 6.16. The quantitative estimate of drug-likeness (QED) is 0.285. The third kappa shape index (κ3) is 4.59. The third-order valence-corrected chi connectivity index (χ3v) is 6.48. The molecule has 186 valence electrons. The number of aliphatic hydroxyl groups is 5. The Hall–Kier alpha value is -2.76. The molecule has 2 heterocycles. The first kappa shape index (κ1) is 25.9. The molecule has 0 radical (unpaired) electrons. The minimum absolute atomic E-state index is 0.173. The van der Waals surface area contributed by atoms with E-state index >= 15 is 0 Å². The van der Waals surface area contributed by atoms with Crippen molar-refractivity contribution in [2.75, 3.05) is 20.2 Å². The van der Waals surface area contributed by atoms with Gasteiger partial charge in [0.1, 0.15) is 41.3 Å². The molecule has 0 aliphatic carbocycles. The number of rotatable bonds is 8. The number of hydrogen-bond acceptors (Lipinski definition) is 9. The maximum absolute atomic E-state index is 12.8. The number of amides is 1. The van der Waals surface area contributed by atoms with Crippen molar-refractivity contribution >= 4 is 27.8 Å². The molecule has 3 rings (SSSR count). The Morgan fingerprint density at radius 3 is 2.09 bits per heavy atom. The lowest BCUT2D eigenvalue weighted by molar-refractivity contribution is -0.137. The summed E-state index contributed by atoms with van der Waals surface area (Å²) in [5, 5.41) is 49.8. The molecular weight excluding hydrogens is 446 g/mol. The van der Waals surface area contributed by atoms with Crippen LogP contribution in [-0.4, -0.2) is 81.0 Å². The molecule has 0 saturated carbocycles. The molecule has 0 aliphatic rings. The molecule has 1 aromatic carbocycles. The van der Waals surface area contributed by atoms with E-state index in [-0.39, 0.29) is 18.5 Å². The smallest absolute Gasteiger partial charge is 0.340 e. The van der Waals surface area contributed by atoms with Crippen molar-refractivity contribution in [2.24, 2.45) is 0 Å². The lowest BCUT2D eigenvalue weighted by Crippen LogP contribution is -2.50. The fraction of sp³-hybridized carbons (Fsp3) is 0.500. The van der Waals surface area contributed by atoms with E-state index in [0.717, 1.165) is 21.6 Å². The summed E-state index contributed by atoms with van der Waals surface area (Å²) in [6.07, 6.45) is -7.13. The van der Waals surface area contributed by atoms with Crippen molar-refractivity contribution in [3.05, 3.63) is 44.5 Å². The molecule has 0 saturated heterocycles. The van der Waals surface area contributed by atoms with Crippen molar-refractivity contribution in [1.29, 1.82) is 0 Å². The van der Waals surface area contributed by atoms with Gasteiger partial charge in [0.2, 0.25) is 5.91 Å². The molecule has 10 heteroatoms. The average molecular weight is 478 g/mol. The first-order chi connectivity index (χ1) is 15.9. The highest BCUT2D eigenvalue weighted by molar-refractivity contribution is 6.00. The van der Waals surface area contributed by atoms with E-state index in [1.165, 1.54) is 7.05 Å². The van der Waals surface area contributed by atoms with Crippen LogP contribution in [0.4, 0.5) is 0 Å². The van der Waals surface area contributed by atoms with Crippen LogP contribution in [0.3, 0.4) is 0 Å². The molecule has 0 unspecified atom stereocenters. The molecule has 10 nitrogen and oxygen atoms in total. The maximum atomic E-state index is 12.8. The number of furan rings is 1. The lowest BCUT2D eigenvalue weighted by atomic mass is 9.98. The van der Waals surface area contributed by atoms with Gasteiger partial charge in [-0.3, -0.25) is 4.79 Å². The van der Waals surface area contributed by atoms with Crippen molar-refractivity contribution in [2.45, 2.75) is 58.5 Å². The van der Waals surface area contributed by atoms with Gasteiger partial charge in [0.15, 0.2) is 0 Å². The van der Waals surface area contributed by atoms with Gasteiger partial charge in [0, 0.05) is 29.9 Å². The zero-order chi connectivity index (χ0) is 25.5. The normalized spacial score (nSPS) is 15.5. The van der Waals surface area contributed by atoms with Crippen LogP contribution in [-0.2, 0) is 11.2 Å². The molecule has 0 bridgehead atoms. The first-order valence-corrected chi connectivity index (χ1v) is 10.9. The summed E-state index contributed by atoms with van der Waals surface area (Å²) in [5.74, 6) is 0.245. The lowest BCUT2D eigenvalue weighted by Gasteiger charge is -2.28. The first-order valence-electron chi connectivity index (χ1n) is 10.9. The number of fused-ring (bicyclic) bond motifs is 2. The average Bonchev–Trinajstić information content (AvgIpc) is 3.09. The van der Waals surface area contributed by atoms with E-state index in [2.05, 4.69) is 0 Å². The van der Waals surface area contributed by atoms with Gasteiger partial charge in [0.05, 0.1) is 18.6 Å². The molecular formula is C24H31NO9. The maximum Gasteiger partial charge on any atom is 0.340 e. The fourth-order valence-electron chi connectivity index (χ4n) is 4.04. The van der Waals surface area contributed by atoms with Crippen molar-refractivity contribution < 1.29 is 39.2 Å². The Balaban J connectivity index is 1.88. The van der Waals surface area contributed by atoms with Gasteiger partial charge in [-0.05, 0) is 44.9 Å². The summed E-state index contributed by atoms with van der Waals surface area (Å²) in [5.41, 5.74) is 2.82. The molecule has 0 spiro atoms. The number of carbonyl (C=O) groups excluding carboxylic acids is 1. The van der Waals surface area contributed by atoms with Crippen LogP contribution in [0.25, 0.3) is 21.9 Å². The monoisotopic (exact) mass is 477 g/mol. The van der Waals surface area contributed by atoms with Gasteiger partial charge in [-0.1, -0.05) is 0 Å². The SMILES string of the molecule is Cc1oc2c(C)c3oc(=O)c(CC(=O)N(C)C[C@H](O)[C@H](O)[C@H](O)[C@H](O)CO)c(C)c3cc2c1C. The summed E-state index contributed by atoms with van der Waals surface area (Å²) < 4.78 is 11.4. The molecule has 3 aromatic rings. The van der Waals surface area contributed by atoms with E-state index in [0.29, 0.717) is 27.7 Å². The van der Waals surface area contributed by atoms with Gasteiger partial charge >= 0.3 is 5.63 Å². The summed E-state index contributed by atoms with van der Waals surface area (Å²) in [7, 11) is 1.37. The Bertz CT molecular complexity index is 1280. The Kier molecular flexibility index (Phi) is 7.49. The highest BCUT2D eigenvalue weighted by Gasteiger charge is 2.31.